The molecule has 2 N–H and O–H groups in total. The van der Waals surface area contributed by atoms with Gasteiger partial charge in [-0.1, -0.05) is 12.1 Å². The lowest BCUT2D eigenvalue weighted by Crippen LogP contribution is -2.46. The molecule has 0 bridgehead atoms. The van der Waals surface area contributed by atoms with E-state index in [0.29, 0.717) is 16.8 Å². The van der Waals surface area contributed by atoms with Crippen molar-refractivity contribution >= 4 is 29.2 Å². The highest BCUT2D eigenvalue weighted by Gasteiger charge is 2.21. The second-order valence-corrected chi connectivity index (χ2v) is 6.16. The quantitative estimate of drug-likeness (QED) is 0.872. The fraction of sp³-hybridized carbons (Fsp3) is 0.471. The Labute approximate surface area is 147 Å². The Kier molecular flexibility index (Phi) is 6.34. The Morgan fingerprint density at radius 1 is 1.46 bits per heavy atom. The first-order valence-electron chi connectivity index (χ1n) is 8.09. The van der Waals surface area contributed by atoms with Crippen LogP contribution < -0.4 is 16.2 Å². The molecule has 1 amide bonds. The molecule has 2 atom stereocenters. The number of carbonyl (C=O) groups is 1. The van der Waals surface area contributed by atoms with E-state index in [-0.39, 0.29) is 36.5 Å². The van der Waals surface area contributed by atoms with Gasteiger partial charge < -0.3 is 10.6 Å². The molecule has 0 radical (unpaired) electrons. The zero-order chi connectivity index (χ0) is 16.2. The monoisotopic (exact) mass is 350 g/mol. The maximum Gasteiger partial charge on any atom is 0.261 e. The van der Waals surface area contributed by atoms with Crippen LogP contribution in [0.2, 0.25) is 0 Å². The van der Waals surface area contributed by atoms with Crippen LogP contribution >= 0.6 is 12.4 Å². The summed E-state index contributed by atoms with van der Waals surface area (Å²) in [5.74, 6) is 0.293. The molecule has 1 aromatic heterocycles. The molecule has 2 heterocycles. The summed E-state index contributed by atoms with van der Waals surface area (Å²) >= 11 is 0. The number of amides is 1. The second-order valence-electron chi connectivity index (χ2n) is 6.16. The Bertz CT molecular complexity index is 756. The number of rotatable bonds is 4. The number of para-hydroxylation sites is 1. The average Bonchev–Trinajstić information content (AvgIpc) is 2.58. The molecule has 1 saturated heterocycles. The van der Waals surface area contributed by atoms with Gasteiger partial charge in [0.15, 0.2) is 0 Å². The van der Waals surface area contributed by atoms with Crippen LogP contribution in [0.5, 0.6) is 0 Å². The molecule has 1 aliphatic heterocycles. The van der Waals surface area contributed by atoms with Crippen molar-refractivity contribution in [3.63, 3.8) is 0 Å². The lowest BCUT2D eigenvalue weighted by Gasteiger charge is -2.29. The van der Waals surface area contributed by atoms with E-state index < -0.39 is 0 Å². The third-order valence-corrected chi connectivity index (χ3v) is 4.48. The van der Waals surface area contributed by atoms with Crippen molar-refractivity contribution in [2.45, 2.75) is 32.4 Å². The minimum absolute atomic E-state index is 0. The first-order valence-corrected chi connectivity index (χ1v) is 8.09. The zero-order valence-electron chi connectivity index (χ0n) is 13.7. The van der Waals surface area contributed by atoms with Crippen LogP contribution in [0.4, 0.5) is 0 Å². The smallest absolute Gasteiger partial charge is 0.261 e. The predicted molar refractivity (Wildman–Crippen MR) is 96.4 cm³/mol. The summed E-state index contributed by atoms with van der Waals surface area (Å²) in [4.78, 5) is 28.9. The molecule has 7 heteroatoms. The molecule has 2 unspecified atom stereocenters. The average molecular weight is 351 g/mol. The predicted octanol–water partition coefficient (Wildman–Crippen LogP) is 1.32. The lowest BCUT2D eigenvalue weighted by molar-refractivity contribution is -0.122. The Balaban J connectivity index is 0.00000208. The largest absolute Gasteiger partial charge is 0.352 e. The fourth-order valence-corrected chi connectivity index (χ4v) is 3.10. The fourth-order valence-electron chi connectivity index (χ4n) is 3.10. The topological polar surface area (TPSA) is 76.0 Å². The van der Waals surface area contributed by atoms with E-state index in [2.05, 4.69) is 15.6 Å². The highest BCUT2D eigenvalue weighted by atomic mass is 35.5. The van der Waals surface area contributed by atoms with Gasteiger partial charge in [0.2, 0.25) is 5.91 Å². The third-order valence-electron chi connectivity index (χ3n) is 4.48. The Morgan fingerprint density at radius 2 is 2.25 bits per heavy atom. The molecule has 0 spiro atoms. The van der Waals surface area contributed by atoms with Gasteiger partial charge in [-0.2, -0.15) is 0 Å². The van der Waals surface area contributed by atoms with E-state index in [0.717, 1.165) is 25.9 Å². The molecule has 1 fully saturated rings. The number of aromatic nitrogens is 2. The van der Waals surface area contributed by atoms with Gasteiger partial charge in [0.25, 0.3) is 5.56 Å². The molecule has 130 valence electrons. The zero-order valence-corrected chi connectivity index (χ0v) is 14.5. The molecule has 24 heavy (non-hydrogen) atoms. The van der Waals surface area contributed by atoms with E-state index >= 15 is 0 Å². The van der Waals surface area contributed by atoms with E-state index in [4.69, 9.17) is 0 Å². The van der Waals surface area contributed by atoms with Crippen molar-refractivity contribution < 1.29 is 4.79 Å². The number of fused-ring (bicyclic) bond motifs is 1. The Hall–Kier alpha value is -1.92. The molecule has 1 aliphatic rings. The van der Waals surface area contributed by atoms with E-state index in [1.54, 1.807) is 18.2 Å². The molecule has 6 nitrogen and oxygen atoms in total. The maximum atomic E-state index is 12.4. The highest BCUT2D eigenvalue weighted by molar-refractivity contribution is 5.85. The van der Waals surface area contributed by atoms with Gasteiger partial charge >= 0.3 is 0 Å². The molecular weight excluding hydrogens is 328 g/mol. The molecular formula is C17H23ClN4O2. The van der Waals surface area contributed by atoms with Crippen molar-refractivity contribution in [1.29, 1.82) is 0 Å². The van der Waals surface area contributed by atoms with Gasteiger partial charge in [-0.15, -0.1) is 12.4 Å². The van der Waals surface area contributed by atoms with Gasteiger partial charge in [-0.25, -0.2) is 4.98 Å². The summed E-state index contributed by atoms with van der Waals surface area (Å²) in [5, 5.41) is 6.89. The van der Waals surface area contributed by atoms with Crippen molar-refractivity contribution in [1.82, 2.24) is 20.2 Å². The van der Waals surface area contributed by atoms with E-state index in [1.165, 1.54) is 10.9 Å². The van der Waals surface area contributed by atoms with Crippen LogP contribution in [-0.2, 0) is 11.3 Å². The summed E-state index contributed by atoms with van der Waals surface area (Å²) in [6.45, 7) is 4.01. The SMILES string of the molecule is CC(NC(=O)Cn1cnc2ccccc2c1=O)C1CCCNC1.Cl. The summed E-state index contributed by atoms with van der Waals surface area (Å²) in [6, 6.07) is 7.26. The van der Waals surface area contributed by atoms with Gasteiger partial charge in [0.1, 0.15) is 6.54 Å². The minimum Gasteiger partial charge on any atom is -0.352 e. The van der Waals surface area contributed by atoms with Crippen molar-refractivity contribution in [3.05, 3.63) is 40.9 Å². The van der Waals surface area contributed by atoms with Crippen LogP contribution in [0.15, 0.2) is 35.4 Å². The van der Waals surface area contributed by atoms with Crippen molar-refractivity contribution in [3.8, 4) is 0 Å². The third kappa shape index (κ3) is 4.13. The first kappa shape index (κ1) is 18.4. The normalized spacial score (nSPS) is 18.6. The Morgan fingerprint density at radius 3 is 3.00 bits per heavy atom. The van der Waals surface area contributed by atoms with Crippen LogP contribution in [0, 0.1) is 5.92 Å². The molecule has 1 aromatic carbocycles. The standard InChI is InChI=1S/C17H22N4O2.ClH/c1-12(13-5-4-8-18-9-13)20-16(22)10-21-11-19-15-7-3-2-6-14(15)17(21)23;/h2-3,6-7,11-13,18H,4-5,8-10H2,1H3,(H,20,22);1H. The molecule has 3 rings (SSSR count). The van der Waals surface area contributed by atoms with Gasteiger partial charge in [0, 0.05) is 6.04 Å². The van der Waals surface area contributed by atoms with Crippen LogP contribution in [0.1, 0.15) is 19.8 Å². The number of benzene rings is 1. The number of hydrogen-bond donors (Lipinski definition) is 2. The van der Waals surface area contributed by atoms with Crippen LogP contribution in [0.3, 0.4) is 0 Å². The molecule has 0 aliphatic carbocycles. The maximum absolute atomic E-state index is 12.4. The number of carbonyl (C=O) groups excluding carboxylic acids is 1. The summed E-state index contributed by atoms with van der Waals surface area (Å²) < 4.78 is 1.36. The lowest BCUT2D eigenvalue weighted by atomic mass is 9.93. The van der Waals surface area contributed by atoms with Crippen LogP contribution in [-0.4, -0.2) is 34.6 Å². The molecule has 0 saturated carbocycles. The number of halogens is 1. The number of hydrogen-bond acceptors (Lipinski definition) is 4. The number of nitrogens with one attached hydrogen (secondary N) is 2. The second kappa shape index (κ2) is 8.26. The van der Waals surface area contributed by atoms with Crippen molar-refractivity contribution in [2.24, 2.45) is 5.92 Å². The summed E-state index contributed by atoms with van der Waals surface area (Å²) in [6.07, 6.45) is 3.70. The number of piperidine rings is 1. The van der Waals surface area contributed by atoms with Gasteiger partial charge in [-0.3, -0.25) is 14.2 Å². The van der Waals surface area contributed by atoms with Crippen molar-refractivity contribution in [2.75, 3.05) is 13.1 Å². The van der Waals surface area contributed by atoms with Gasteiger partial charge in [-0.05, 0) is 50.9 Å². The summed E-state index contributed by atoms with van der Waals surface area (Å²) in [5.41, 5.74) is 0.466. The highest BCUT2D eigenvalue weighted by Crippen LogP contribution is 2.14. The van der Waals surface area contributed by atoms with Gasteiger partial charge in [0.05, 0.1) is 17.2 Å². The minimum atomic E-state index is -0.183. The first-order chi connectivity index (χ1) is 11.1. The van der Waals surface area contributed by atoms with Crippen LogP contribution in [0.25, 0.3) is 10.9 Å². The van der Waals surface area contributed by atoms with E-state index in [9.17, 15) is 9.59 Å². The molecule has 2 aromatic rings. The summed E-state index contributed by atoms with van der Waals surface area (Å²) in [7, 11) is 0. The van der Waals surface area contributed by atoms with E-state index in [1.807, 2.05) is 13.0 Å². The number of nitrogens with zero attached hydrogens (tertiary/aromatic N) is 2.